The molecule has 0 radical (unpaired) electrons. The molecule has 0 amide bonds. The summed E-state index contributed by atoms with van der Waals surface area (Å²) in [5.74, 6) is 1.64. The molecule has 0 spiro atoms. The van der Waals surface area contributed by atoms with Crippen LogP contribution < -0.4 is 9.47 Å². The van der Waals surface area contributed by atoms with Gasteiger partial charge in [-0.25, -0.2) is 0 Å². The van der Waals surface area contributed by atoms with Crippen molar-refractivity contribution in [1.82, 2.24) is 0 Å². The highest BCUT2D eigenvalue weighted by atomic mass is 79.9. The number of rotatable bonds is 2. The molecule has 2 aromatic carbocycles. The summed E-state index contributed by atoms with van der Waals surface area (Å²) in [6.45, 7) is 2.67. The minimum absolute atomic E-state index is 0.0328. The first kappa shape index (κ1) is 12.5. The van der Waals surface area contributed by atoms with Crippen LogP contribution in [0.1, 0.15) is 29.0 Å². The van der Waals surface area contributed by atoms with Gasteiger partial charge in [-0.05, 0) is 30.2 Å². The van der Waals surface area contributed by atoms with Crippen molar-refractivity contribution in [3.63, 3.8) is 0 Å². The van der Waals surface area contributed by atoms with Crippen LogP contribution in [0.2, 0.25) is 0 Å². The van der Waals surface area contributed by atoms with Crippen molar-refractivity contribution in [1.29, 1.82) is 0 Å². The summed E-state index contributed by atoms with van der Waals surface area (Å²) >= 11 is 3.57. The Morgan fingerprint density at radius 2 is 1.74 bits per heavy atom. The molecule has 2 atom stereocenters. The van der Waals surface area contributed by atoms with Gasteiger partial charge in [0.15, 0.2) is 17.6 Å². The second kappa shape index (κ2) is 5.25. The molecular formula is C16H15BrO2. The van der Waals surface area contributed by atoms with Gasteiger partial charge in [0.2, 0.25) is 0 Å². The van der Waals surface area contributed by atoms with Gasteiger partial charge in [-0.1, -0.05) is 52.3 Å². The molecule has 1 aliphatic heterocycles. The lowest BCUT2D eigenvalue weighted by Crippen LogP contribution is -2.21. The zero-order chi connectivity index (χ0) is 13.2. The van der Waals surface area contributed by atoms with Crippen molar-refractivity contribution in [2.24, 2.45) is 0 Å². The second-order valence-electron chi connectivity index (χ2n) is 4.65. The Hall–Kier alpha value is -1.48. The lowest BCUT2D eigenvalue weighted by Gasteiger charge is -2.26. The molecular weight excluding hydrogens is 304 g/mol. The maximum atomic E-state index is 5.98. The molecule has 0 saturated heterocycles. The van der Waals surface area contributed by atoms with Gasteiger partial charge in [-0.2, -0.15) is 0 Å². The summed E-state index contributed by atoms with van der Waals surface area (Å²) in [6.07, 6.45) is -0.0328. The van der Waals surface area contributed by atoms with E-state index in [-0.39, 0.29) is 6.10 Å². The number of hydrogen-bond acceptors (Lipinski definition) is 2. The van der Waals surface area contributed by atoms with E-state index in [2.05, 4.69) is 47.1 Å². The number of halogens is 1. The molecule has 0 bridgehead atoms. The SMILES string of the molecule is CC(Br)c1ccc([C@H]2COc3ccccc3O2)cc1. The predicted octanol–water partition coefficient (Wildman–Crippen LogP) is 4.66. The fourth-order valence-corrected chi connectivity index (χ4v) is 2.46. The molecule has 1 heterocycles. The van der Waals surface area contributed by atoms with Gasteiger partial charge in [0.1, 0.15) is 6.61 Å². The van der Waals surface area contributed by atoms with E-state index >= 15 is 0 Å². The lowest BCUT2D eigenvalue weighted by molar-refractivity contribution is 0.0913. The van der Waals surface area contributed by atoms with Crippen LogP contribution in [-0.4, -0.2) is 6.61 Å². The van der Waals surface area contributed by atoms with Crippen LogP contribution in [0.4, 0.5) is 0 Å². The first-order valence-corrected chi connectivity index (χ1v) is 7.28. The molecule has 0 fully saturated rings. The maximum Gasteiger partial charge on any atom is 0.162 e. The molecule has 19 heavy (non-hydrogen) atoms. The van der Waals surface area contributed by atoms with E-state index in [4.69, 9.17) is 9.47 Å². The highest BCUT2D eigenvalue weighted by molar-refractivity contribution is 9.09. The van der Waals surface area contributed by atoms with Gasteiger partial charge in [0.05, 0.1) is 0 Å². The molecule has 3 rings (SSSR count). The average molecular weight is 319 g/mol. The van der Waals surface area contributed by atoms with Crippen LogP contribution in [0.15, 0.2) is 48.5 Å². The Bertz CT molecular complexity index is 563. The molecule has 1 aliphatic rings. The fraction of sp³-hybridized carbons (Fsp3) is 0.250. The van der Waals surface area contributed by atoms with Gasteiger partial charge >= 0.3 is 0 Å². The number of benzene rings is 2. The molecule has 1 unspecified atom stereocenters. The third kappa shape index (κ3) is 2.61. The molecule has 0 aliphatic carbocycles. The number of hydrogen-bond donors (Lipinski definition) is 0. The fourth-order valence-electron chi connectivity index (χ4n) is 2.16. The highest BCUT2D eigenvalue weighted by Crippen LogP contribution is 2.36. The highest BCUT2D eigenvalue weighted by Gasteiger charge is 2.22. The van der Waals surface area contributed by atoms with Crippen molar-refractivity contribution in [2.45, 2.75) is 17.9 Å². The minimum atomic E-state index is -0.0328. The Kier molecular flexibility index (Phi) is 3.47. The second-order valence-corrected chi connectivity index (χ2v) is 6.02. The van der Waals surface area contributed by atoms with Gasteiger partial charge in [-0.3, -0.25) is 0 Å². The van der Waals surface area contributed by atoms with Crippen molar-refractivity contribution < 1.29 is 9.47 Å². The largest absolute Gasteiger partial charge is 0.485 e. The van der Waals surface area contributed by atoms with E-state index in [0.717, 1.165) is 17.1 Å². The molecule has 0 N–H and O–H groups in total. The summed E-state index contributed by atoms with van der Waals surface area (Å²) in [6, 6.07) is 16.2. The van der Waals surface area contributed by atoms with Crippen LogP contribution in [0.25, 0.3) is 0 Å². The number of fused-ring (bicyclic) bond motifs is 1. The lowest BCUT2D eigenvalue weighted by atomic mass is 10.1. The van der Waals surface area contributed by atoms with E-state index in [1.165, 1.54) is 5.56 Å². The summed E-state index contributed by atoms with van der Waals surface area (Å²) in [4.78, 5) is 0.366. The monoisotopic (exact) mass is 318 g/mol. The van der Waals surface area contributed by atoms with E-state index < -0.39 is 0 Å². The Labute approximate surface area is 121 Å². The smallest absolute Gasteiger partial charge is 0.162 e. The molecule has 3 heteroatoms. The van der Waals surface area contributed by atoms with Crippen molar-refractivity contribution in [3.8, 4) is 11.5 Å². The Morgan fingerprint density at radius 3 is 2.42 bits per heavy atom. The summed E-state index contributed by atoms with van der Waals surface area (Å²) in [5, 5.41) is 0. The van der Waals surface area contributed by atoms with Gasteiger partial charge in [-0.15, -0.1) is 0 Å². The Balaban J connectivity index is 1.81. The number of para-hydroxylation sites is 2. The Morgan fingerprint density at radius 1 is 1.05 bits per heavy atom. The predicted molar refractivity (Wildman–Crippen MR) is 79.1 cm³/mol. The quantitative estimate of drug-likeness (QED) is 0.750. The van der Waals surface area contributed by atoms with Gasteiger partial charge in [0.25, 0.3) is 0 Å². The molecule has 2 nitrogen and oxygen atoms in total. The van der Waals surface area contributed by atoms with E-state index in [0.29, 0.717) is 11.4 Å². The topological polar surface area (TPSA) is 18.5 Å². The molecule has 0 saturated carbocycles. The van der Waals surface area contributed by atoms with Crippen molar-refractivity contribution >= 4 is 15.9 Å². The summed E-state index contributed by atoms with van der Waals surface area (Å²) < 4.78 is 11.7. The minimum Gasteiger partial charge on any atom is -0.485 e. The zero-order valence-corrected chi connectivity index (χ0v) is 12.3. The van der Waals surface area contributed by atoms with Gasteiger partial charge in [0, 0.05) is 4.83 Å². The third-order valence-corrected chi connectivity index (χ3v) is 3.80. The molecule has 0 aromatic heterocycles. The van der Waals surface area contributed by atoms with Crippen LogP contribution >= 0.6 is 15.9 Å². The van der Waals surface area contributed by atoms with Crippen LogP contribution in [-0.2, 0) is 0 Å². The van der Waals surface area contributed by atoms with E-state index in [1.54, 1.807) is 0 Å². The summed E-state index contributed by atoms with van der Waals surface area (Å²) in [7, 11) is 0. The first-order chi connectivity index (χ1) is 9.24. The zero-order valence-electron chi connectivity index (χ0n) is 10.7. The van der Waals surface area contributed by atoms with Crippen LogP contribution in [0.3, 0.4) is 0 Å². The molecule has 2 aromatic rings. The van der Waals surface area contributed by atoms with Gasteiger partial charge < -0.3 is 9.47 Å². The van der Waals surface area contributed by atoms with Crippen molar-refractivity contribution in [2.75, 3.05) is 6.61 Å². The van der Waals surface area contributed by atoms with Crippen molar-refractivity contribution in [3.05, 3.63) is 59.7 Å². The maximum absolute atomic E-state index is 5.98. The molecule has 98 valence electrons. The normalized spacial score (nSPS) is 18.9. The van der Waals surface area contributed by atoms with Crippen LogP contribution in [0, 0.1) is 0 Å². The standard InChI is InChI=1S/C16H15BrO2/c1-11(17)12-6-8-13(9-7-12)16-10-18-14-4-2-3-5-15(14)19-16/h2-9,11,16H,10H2,1H3/t11?,16-/m1/s1. The van der Waals surface area contributed by atoms with E-state index in [1.807, 2.05) is 24.3 Å². The summed E-state index contributed by atoms with van der Waals surface area (Å²) in [5.41, 5.74) is 2.41. The van der Waals surface area contributed by atoms with Crippen LogP contribution in [0.5, 0.6) is 11.5 Å². The number of ether oxygens (including phenoxy) is 2. The van der Waals surface area contributed by atoms with E-state index in [9.17, 15) is 0 Å². The number of alkyl halides is 1. The third-order valence-electron chi connectivity index (χ3n) is 3.28. The average Bonchev–Trinajstić information content (AvgIpc) is 2.47. The first-order valence-electron chi connectivity index (χ1n) is 6.36.